The molecule has 2 amide bonds. The van der Waals surface area contributed by atoms with Crippen LogP contribution < -0.4 is 5.32 Å². The van der Waals surface area contributed by atoms with Crippen LogP contribution in [0.15, 0.2) is 0 Å². The van der Waals surface area contributed by atoms with Gasteiger partial charge in [-0.05, 0) is 44.4 Å². The van der Waals surface area contributed by atoms with Crippen molar-refractivity contribution >= 4 is 11.8 Å². The third-order valence-corrected chi connectivity index (χ3v) is 4.68. The molecular formula is C15H24N2O3. The number of amides is 2. The van der Waals surface area contributed by atoms with E-state index in [-0.39, 0.29) is 30.0 Å². The fourth-order valence-corrected chi connectivity index (χ4v) is 3.33. The van der Waals surface area contributed by atoms with Gasteiger partial charge >= 0.3 is 0 Å². The monoisotopic (exact) mass is 280 g/mol. The van der Waals surface area contributed by atoms with E-state index in [1.165, 1.54) is 0 Å². The molecule has 3 aliphatic rings. The van der Waals surface area contributed by atoms with Crippen molar-refractivity contribution in [1.29, 1.82) is 0 Å². The molecule has 0 aromatic carbocycles. The lowest BCUT2D eigenvalue weighted by molar-refractivity contribution is -0.153. The Kier molecular flexibility index (Phi) is 3.96. The predicted molar refractivity (Wildman–Crippen MR) is 74.0 cm³/mol. The zero-order chi connectivity index (χ0) is 14.1. The Hall–Kier alpha value is -1.10. The first-order valence-corrected chi connectivity index (χ1v) is 7.93. The first-order chi connectivity index (χ1) is 9.70. The van der Waals surface area contributed by atoms with Gasteiger partial charge in [-0.3, -0.25) is 9.59 Å². The van der Waals surface area contributed by atoms with E-state index in [1.54, 1.807) is 4.90 Å². The minimum Gasteiger partial charge on any atom is -0.376 e. The molecule has 2 heterocycles. The lowest BCUT2D eigenvalue weighted by atomic mass is 10.00. The quantitative estimate of drug-likeness (QED) is 0.838. The van der Waals surface area contributed by atoms with Gasteiger partial charge in [0.25, 0.3) is 0 Å². The molecule has 3 fully saturated rings. The second-order valence-corrected chi connectivity index (χ2v) is 6.23. The highest BCUT2D eigenvalue weighted by Crippen LogP contribution is 2.35. The van der Waals surface area contributed by atoms with Gasteiger partial charge < -0.3 is 15.0 Å². The lowest BCUT2D eigenvalue weighted by Crippen LogP contribution is -2.65. The van der Waals surface area contributed by atoms with E-state index in [0.29, 0.717) is 18.9 Å². The minimum absolute atomic E-state index is 0.0137. The molecule has 0 radical (unpaired) electrons. The first kappa shape index (κ1) is 13.9. The maximum atomic E-state index is 12.7. The molecule has 1 aliphatic carbocycles. The van der Waals surface area contributed by atoms with Crippen LogP contribution in [0.3, 0.4) is 0 Å². The van der Waals surface area contributed by atoms with Gasteiger partial charge in [-0.1, -0.05) is 6.92 Å². The molecule has 1 N–H and O–H groups in total. The summed E-state index contributed by atoms with van der Waals surface area (Å²) in [5.41, 5.74) is 0. The summed E-state index contributed by atoms with van der Waals surface area (Å²) >= 11 is 0. The van der Waals surface area contributed by atoms with E-state index in [4.69, 9.17) is 4.74 Å². The fourth-order valence-electron chi connectivity index (χ4n) is 3.33. The summed E-state index contributed by atoms with van der Waals surface area (Å²) in [7, 11) is 0. The van der Waals surface area contributed by atoms with Crippen LogP contribution in [0.25, 0.3) is 0 Å². The average Bonchev–Trinajstić information content (AvgIpc) is 3.28. The summed E-state index contributed by atoms with van der Waals surface area (Å²) in [5, 5.41) is 2.93. The van der Waals surface area contributed by atoms with Crippen LogP contribution >= 0.6 is 0 Å². The normalized spacial score (nSPS) is 35.0. The Bertz CT molecular complexity index is 389. The molecule has 5 heteroatoms. The van der Waals surface area contributed by atoms with Gasteiger partial charge in [-0.25, -0.2) is 0 Å². The second kappa shape index (κ2) is 5.72. The molecule has 5 nitrogen and oxygen atoms in total. The summed E-state index contributed by atoms with van der Waals surface area (Å²) in [4.78, 5) is 26.7. The van der Waals surface area contributed by atoms with Crippen molar-refractivity contribution in [2.75, 3.05) is 13.2 Å². The number of hydrogen-bond donors (Lipinski definition) is 1. The molecule has 0 bridgehead atoms. The van der Waals surface area contributed by atoms with Crippen LogP contribution in [0.5, 0.6) is 0 Å². The van der Waals surface area contributed by atoms with Crippen molar-refractivity contribution < 1.29 is 14.3 Å². The van der Waals surface area contributed by atoms with Gasteiger partial charge in [0.15, 0.2) is 0 Å². The molecule has 20 heavy (non-hydrogen) atoms. The van der Waals surface area contributed by atoms with Gasteiger partial charge in [0, 0.05) is 13.2 Å². The number of hydrogen-bond acceptors (Lipinski definition) is 3. The Balaban J connectivity index is 1.71. The number of piperazine rings is 1. The summed E-state index contributed by atoms with van der Waals surface area (Å²) < 4.78 is 5.74. The molecule has 0 spiro atoms. The Morgan fingerprint density at radius 3 is 2.65 bits per heavy atom. The molecular weight excluding hydrogens is 256 g/mol. The first-order valence-electron chi connectivity index (χ1n) is 7.93. The number of nitrogens with one attached hydrogen (secondary N) is 1. The van der Waals surface area contributed by atoms with Crippen LogP contribution in [0, 0.1) is 5.92 Å². The van der Waals surface area contributed by atoms with Crippen molar-refractivity contribution in [1.82, 2.24) is 10.2 Å². The van der Waals surface area contributed by atoms with E-state index in [0.717, 1.165) is 38.7 Å². The number of carbonyl (C=O) groups excluding carboxylic acids is 2. The third kappa shape index (κ3) is 2.68. The van der Waals surface area contributed by atoms with Gasteiger partial charge in [0.1, 0.15) is 12.1 Å². The summed E-state index contributed by atoms with van der Waals surface area (Å²) in [6, 6.07) is -0.600. The van der Waals surface area contributed by atoms with Crippen LogP contribution in [-0.4, -0.2) is 48.1 Å². The van der Waals surface area contributed by atoms with Gasteiger partial charge in [-0.2, -0.15) is 0 Å². The minimum atomic E-state index is -0.317. The highest BCUT2D eigenvalue weighted by atomic mass is 16.5. The number of carbonyl (C=O) groups is 2. The van der Waals surface area contributed by atoms with Crippen molar-refractivity contribution in [3.05, 3.63) is 0 Å². The Labute approximate surface area is 120 Å². The predicted octanol–water partition coefficient (Wildman–Crippen LogP) is 1.07. The second-order valence-electron chi connectivity index (χ2n) is 6.23. The number of ether oxygens (including phenoxy) is 1. The highest BCUT2D eigenvalue weighted by Gasteiger charge is 2.46. The molecule has 112 valence electrons. The standard InChI is InChI=1S/C15H24N2O3/c1-2-12-14(18)16-13(10-6-7-10)15(19)17(12)9-11-5-3-4-8-20-11/h10-13H,2-9H2,1H3,(H,16,18). The van der Waals surface area contributed by atoms with E-state index in [1.807, 2.05) is 6.92 Å². The van der Waals surface area contributed by atoms with Crippen LogP contribution in [0.1, 0.15) is 45.4 Å². The van der Waals surface area contributed by atoms with E-state index >= 15 is 0 Å². The van der Waals surface area contributed by atoms with Gasteiger partial charge in [0.05, 0.1) is 6.10 Å². The van der Waals surface area contributed by atoms with Crippen molar-refractivity contribution in [3.8, 4) is 0 Å². The van der Waals surface area contributed by atoms with Crippen LogP contribution in [-0.2, 0) is 14.3 Å². The maximum absolute atomic E-state index is 12.7. The Morgan fingerprint density at radius 2 is 2.05 bits per heavy atom. The molecule has 1 saturated carbocycles. The largest absolute Gasteiger partial charge is 0.376 e. The smallest absolute Gasteiger partial charge is 0.246 e. The highest BCUT2D eigenvalue weighted by molar-refractivity contribution is 5.97. The third-order valence-electron chi connectivity index (χ3n) is 4.68. The lowest BCUT2D eigenvalue weighted by Gasteiger charge is -2.41. The van der Waals surface area contributed by atoms with Crippen molar-refractivity contribution in [2.45, 2.75) is 63.6 Å². The molecule has 2 aliphatic heterocycles. The summed E-state index contributed by atoms with van der Waals surface area (Å²) in [6.45, 7) is 3.32. The van der Waals surface area contributed by atoms with Gasteiger partial charge in [-0.15, -0.1) is 0 Å². The fraction of sp³-hybridized carbons (Fsp3) is 0.867. The Morgan fingerprint density at radius 1 is 1.25 bits per heavy atom. The molecule has 0 aromatic heterocycles. The van der Waals surface area contributed by atoms with E-state index in [9.17, 15) is 9.59 Å². The SMILES string of the molecule is CCC1C(=O)NC(C2CC2)C(=O)N1CC1CCCCO1. The molecule has 3 atom stereocenters. The number of rotatable bonds is 4. The molecule has 2 saturated heterocycles. The van der Waals surface area contributed by atoms with E-state index in [2.05, 4.69) is 5.32 Å². The zero-order valence-electron chi connectivity index (χ0n) is 12.1. The van der Waals surface area contributed by atoms with Crippen LogP contribution in [0.2, 0.25) is 0 Å². The molecule has 3 unspecified atom stereocenters. The molecule has 3 rings (SSSR count). The zero-order valence-corrected chi connectivity index (χ0v) is 12.1. The number of nitrogens with zero attached hydrogens (tertiary/aromatic N) is 1. The summed E-state index contributed by atoms with van der Waals surface area (Å²) in [5.74, 6) is 0.479. The summed E-state index contributed by atoms with van der Waals surface area (Å²) in [6.07, 6.45) is 6.14. The van der Waals surface area contributed by atoms with Crippen molar-refractivity contribution in [2.24, 2.45) is 5.92 Å². The average molecular weight is 280 g/mol. The molecule has 0 aromatic rings. The topological polar surface area (TPSA) is 58.6 Å². The van der Waals surface area contributed by atoms with Gasteiger partial charge in [0.2, 0.25) is 11.8 Å². The van der Waals surface area contributed by atoms with Crippen LogP contribution in [0.4, 0.5) is 0 Å². The van der Waals surface area contributed by atoms with E-state index < -0.39 is 0 Å². The van der Waals surface area contributed by atoms with Crippen molar-refractivity contribution in [3.63, 3.8) is 0 Å². The maximum Gasteiger partial charge on any atom is 0.246 e.